The highest BCUT2D eigenvalue weighted by atomic mass is 14.9. The van der Waals surface area contributed by atoms with Crippen molar-refractivity contribution in [2.45, 2.75) is 38.6 Å². The summed E-state index contributed by atoms with van der Waals surface area (Å²) in [6, 6.07) is 0.946. The van der Waals surface area contributed by atoms with E-state index in [0.29, 0.717) is 0 Å². The van der Waals surface area contributed by atoms with Gasteiger partial charge in [0.2, 0.25) is 0 Å². The molecule has 1 heteroatoms. The predicted molar refractivity (Wildman–Crippen MR) is 39.3 cm³/mol. The average Bonchev–Trinajstić information content (AvgIpc) is 1.90. The van der Waals surface area contributed by atoms with Crippen molar-refractivity contribution in [3.63, 3.8) is 0 Å². The molecule has 54 valence electrons. The number of quaternary nitrogens is 1. The molecule has 2 N–H and O–H groups in total. The van der Waals surface area contributed by atoms with E-state index in [2.05, 4.69) is 19.3 Å². The highest BCUT2D eigenvalue weighted by Crippen LogP contribution is 2.21. The van der Waals surface area contributed by atoms with Crippen LogP contribution in [0.3, 0.4) is 0 Å². The second-order valence-electron chi connectivity index (χ2n) is 3.35. The van der Waals surface area contributed by atoms with Gasteiger partial charge in [-0.3, -0.25) is 0 Å². The molecule has 0 spiro atoms. The molecule has 0 bridgehead atoms. The van der Waals surface area contributed by atoms with Crippen molar-refractivity contribution in [1.82, 2.24) is 0 Å². The highest BCUT2D eigenvalue weighted by Gasteiger charge is 2.18. The maximum atomic E-state index is 2.37. The van der Waals surface area contributed by atoms with E-state index < -0.39 is 0 Å². The summed E-state index contributed by atoms with van der Waals surface area (Å²) in [5.74, 6) is 1.00. The summed E-state index contributed by atoms with van der Waals surface area (Å²) < 4.78 is 0. The molecular weight excluding hydrogens is 110 g/mol. The number of hydrogen-bond donors (Lipinski definition) is 1. The molecule has 0 unspecified atom stereocenters. The van der Waals surface area contributed by atoms with Crippen LogP contribution < -0.4 is 5.32 Å². The lowest BCUT2D eigenvalue weighted by Crippen LogP contribution is -2.86. The molecule has 9 heavy (non-hydrogen) atoms. The van der Waals surface area contributed by atoms with Gasteiger partial charge in [-0.05, 0) is 31.6 Å². The Kier molecular flexibility index (Phi) is 2.52. The molecule has 1 nitrogen and oxygen atoms in total. The molecule has 1 aliphatic rings. The van der Waals surface area contributed by atoms with Crippen LogP contribution in [0.25, 0.3) is 0 Å². The minimum atomic E-state index is 0.946. The lowest BCUT2D eigenvalue weighted by Gasteiger charge is -2.22. The standard InChI is InChI=1S/C8H17N/c1-7-3-5-8(9-2)6-4-7/h7-9H,3-6H2,1-2H3/p+1. The minimum Gasteiger partial charge on any atom is -0.346 e. The van der Waals surface area contributed by atoms with Gasteiger partial charge in [-0.2, -0.15) is 0 Å². The molecule has 1 saturated carbocycles. The van der Waals surface area contributed by atoms with E-state index >= 15 is 0 Å². The van der Waals surface area contributed by atoms with Crippen LogP contribution in [0.4, 0.5) is 0 Å². The summed E-state index contributed by atoms with van der Waals surface area (Å²) >= 11 is 0. The smallest absolute Gasteiger partial charge is 0.0857 e. The van der Waals surface area contributed by atoms with Gasteiger partial charge in [0.1, 0.15) is 0 Å². The largest absolute Gasteiger partial charge is 0.346 e. The van der Waals surface area contributed by atoms with Crippen LogP contribution >= 0.6 is 0 Å². The first-order chi connectivity index (χ1) is 4.33. The van der Waals surface area contributed by atoms with Crippen molar-refractivity contribution in [3.8, 4) is 0 Å². The van der Waals surface area contributed by atoms with Crippen molar-refractivity contribution in [1.29, 1.82) is 0 Å². The van der Waals surface area contributed by atoms with Gasteiger partial charge in [0, 0.05) is 0 Å². The zero-order valence-electron chi connectivity index (χ0n) is 6.56. The molecule has 0 heterocycles. The topological polar surface area (TPSA) is 16.6 Å². The molecule has 0 aromatic carbocycles. The minimum absolute atomic E-state index is 0.946. The average molecular weight is 128 g/mol. The van der Waals surface area contributed by atoms with Gasteiger partial charge in [-0.25, -0.2) is 0 Å². The Morgan fingerprint density at radius 1 is 1.11 bits per heavy atom. The van der Waals surface area contributed by atoms with Crippen molar-refractivity contribution < 1.29 is 5.32 Å². The first-order valence-electron chi connectivity index (χ1n) is 4.12. The molecule has 0 aliphatic heterocycles. The fourth-order valence-corrected chi connectivity index (χ4v) is 1.62. The molecule has 0 radical (unpaired) electrons. The van der Waals surface area contributed by atoms with Crippen molar-refractivity contribution in [3.05, 3.63) is 0 Å². The lowest BCUT2D eigenvalue weighted by atomic mass is 9.87. The van der Waals surface area contributed by atoms with E-state index in [-0.39, 0.29) is 0 Å². The molecule has 1 aliphatic carbocycles. The number of rotatable bonds is 1. The quantitative estimate of drug-likeness (QED) is 0.537. The predicted octanol–water partition coefficient (Wildman–Crippen LogP) is 0.758. The van der Waals surface area contributed by atoms with E-state index in [0.717, 1.165) is 12.0 Å². The Balaban J connectivity index is 2.18. The van der Waals surface area contributed by atoms with Crippen LogP contribution in [-0.2, 0) is 0 Å². The summed E-state index contributed by atoms with van der Waals surface area (Å²) in [5, 5.41) is 2.37. The molecule has 0 atom stereocenters. The highest BCUT2D eigenvalue weighted by molar-refractivity contribution is 4.67. The Bertz CT molecular complexity index is 72.6. The molecule has 0 aromatic heterocycles. The van der Waals surface area contributed by atoms with Gasteiger partial charge in [0.05, 0.1) is 13.1 Å². The first-order valence-corrected chi connectivity index (χ1v) is 4.12. The second kappa shape index (κ2) is 3.21. The Hall–Kier alpha value is -0.0400. The van der Waals surface area contributed by atoms with Crippen molar-refractivity contribution >= 4 is 0 Å². The second-order valence-corrected chi connectivity index (χ2v) is 3.35. The summed E-state index contributed by atoms with van der Waals surface area (Å²) in [5.41, 5.74) is 0. The monoisotopic (exact) mass is 128 g/mol. The maximum Gasteiger partial charge on any atom is 0.0857 e. The lowest BCUT2D eigenvalue weighted by molar-refractivity contribution is -0.666. The number of nitrogens with two attached hydrogens (primary N) is 1. The Morgan fingerprint density at radius 3 is 2.11 bits per heavy atom. The third-order valence-electron chi connectivity index (χ3n) is 2.53. The van der Waals surface area contributed by atoms with Gasteiger partial charge in [-0.15, -0.1) is 0 Å². The van der Waals surface area contributed by atoms with E-state index in [1.807, 2.05) is 0 Å². The van der Waals surface area contributed by atoms with Crippen molar-refractivity contribution in [2.24, 2.45) is 5.92 Å². The Labute approximate surface area is 57.8 Å². The summed E-state index contributed by atoms with van der Waals surface area (Å²) in [7, 11) is 2.20. The summed E-state index contributed by atoms with van der Waals surface area (Å²) in [4.78, 5) is 0. The van der Waals surface area contributed by atoms with Crippen LogP contribution in [0.15, 0.2) is 0 Å². The Morgan fingerprint density at radius 2 is 1.67 bits per heavy atom. The van der Waals surface area contributed by atoms with E-state index in [1.54, 1.807) is 0 Å². The molecule has 1 fully saturated rings. The van der Waals surface area contributed by atoms with Crippen LogP contribution in [-0.4, -0.2) is 13.1 Å². The summed E-state index contributed by atoms with van der Waals surface area (Å²) in [6.45, 7) is 2.37. The molecule has 1 rings (SSSR count). The van der Waals surface area contributed by atoms with Crippen LogP contribution in [0.5, 0.6) is 0 Å². The van der Waals surface area contributed by atoms with E-state index in [1.165, 1.54) is 25.7 Å². The van der Waals surface area contributed by atoms with Crippen LogP contribution in [0.1, 0.15) is 32.6 Å². The normalized spacial score (nSPS) is 36.7. The van der Waals surface area contributed by atoms with E-state index in [4.69, 9.17) is 0 Å². The van der Waals surface area contributed by atoms with Gasteiger partial charge in [0.25, 0.3) is 0 Å². The van der Waals surface area contributed by atoms with Gasteiger partial charge < -0.3 is 5.32 Å². The van der Waals surface area contributed by atoms with E-state index in [9.17, 15) is 0 Å². The fourth-order valence-electron chi connectivity index (χ4n) is 1.62. The van der Waals surface area contributed by atoms with Gasteiger partial charge in [0.15, 0.2) is 0 Å². The SMILES string of the molecule is C[NH2+]C1CCC(C)CC1. The van der Waals surface area contributed by atoms with Crippen molar-refractivity contribution in [2.75, 3.05) is 7.05 Å². The zero-order valence-corrected chi connectivity index (χ0v) is 6.56. The molecule has 0 saturated heterocycles. The fraction of sp³-hybridized carbons (Fsp3) is 1.00. The van der Waals surface area contributed by atoms with Crippen LogP contribution in [0.2, 0.25) is 0 Å². The molecular formula is C8H18N+. The first kappa shape index (κ1) is 7.07. The molecule has 0 amide bonds. The van der Waals surface area contributed by atoms with Crippen LogP contribution in [0, 0.1) is 5.92 Å². The molecule has 0 aromatic rings. The third-order valence-corrected chi connectivity index (χ3v) is 2.53. The summed E-state index contributed by atoms with van der Waals surface area (Å²) in [6.07, 6.45) is 5.79. The maximum absolute atomic E-state index is 2.37. The zero-order chi connectivity index (χ0) is 6.69. The van der Waals surface area contributed by atoms with Gasteiger partial charge >= 0.3 is 0 Å². The number of hydrogen-bond acceptors (Lipinski definition) is 0. The van der Waals surface area contributed by atoms with Gasteiger partial charge in [-0.1, -0.05) is 6.92 Å². The third kappa shape index (κ3) is 1.98.